The number of esters is 1. The van der Waals surface area contributed by atoms with Crippen LogP contribution in [0.2, 0.25) is 0 Å². The van der Waals surface area contributed by atoms with E-state index in [4.69, 9.17) is 13.6 Å². The van der Waals surface area contributed by atoms with Gasteiger partial charge in [0, 0.05) is 12.1 Å². The fourth-order valence-electron chi connectivity index (χ4n) is 4.26. The van der Waals surface area contributed by atoms with E-state index in [2.05, 4.69) is 15.1 Å². The zero-order valence-electron chi connectivity index (χ0n) is 18.0. The van der Waals surface area contributed by atoms with E-state index in [0.717, 1.165) is 36.3 Å². The van der Waals surface area contributed by atoms with Gasteiger partial charge in [0.15, 0.2) is 12.3 Å². The van der Waals surface area contributed by atoms with Gasteiger partial charge in [-0.1, -0.05) is 0 Å². The molecule has 1 amide bonds. The molecule has 3 aromatic rings. The molecule has 168 valence electrons. The quantitative estimate of drug-likeness (QED) is 0.546. The van der Waals surface area contributed by atoms with Crippen LogP contribution in [0.3, 0.4) is 0 Å². The molecule has 4 heterocycles. The molecule has 0 spiro atoms. The summed E-state index contributed by atoms with van der Waals surface area (Å²) in [6.07, 6.45) is 10.6. The molecule has 9 nitrogen and oxygen atoms in total. The Morgan fingerprint density at radius 1 is 1.18 bits per heavy atom. The number of fused-ring (bicyclic) bond motifs is 1. The first-order valence-corrected chi connectivity index (χ1v) is 10.7. The maximum absolute atomic E-state index is 13.1. The van der Waals surface area contributed by atoms with Gasteiger partial charge >= 0.3 is 5.97 Å². The van der Waals surface area contributed by atoms with Gasteiger partial charge in [-0.15, -0.1) is 0 Å². The lowest BCUT2D eigenvalue weighted by Crippen LogP contribution is -2.34. The number of nitrogens with zero attached hydrogens (tertiary/aromatic N) is 4. The third-order valence-electron chi connectivity index (χ3n) is 5.77. The Hall–Kier alpha value is -4.01. The molecule has 2 unspecified atom stereocenters. The van der Waals surface area contributed by atoms with Crippen LogP contribution in [0.15, 0.2) is 68.7 Å². The lowest BCUT2D eigenvalue weighted by molar-refractivity contribution is -0.137. The Kier molecular flexibility index (Phi) is 5.60. The van der Waals surface area contributed by atoms with E-state index in [1.54, 1.807) is 25.5 Å². The second kappa shape index (κ2) is 8.85. The largest absolute Gasteiger partial charge is 0.467 e. The average Bonchev–Trinajstić information content (AvgIpc) is 3.58. The minimum absolute atomic E-state index is 0.0197. The Morgan fingerprint density at radius 2 is 2.03 bits per heavy atom. The normalized spacial score (nSPS) is 21.1. The predicted octanol–water partition coefficient (Wildman–Crippen LogP) is 3.95. The number of ether oxygens (including phenoxy) is 1. The third kappa shape index (κ3) is 4.21. The molecular formula is C24H22N4O5. The monoisotopic (exact) mass is 446 g/mol. The number of aromatic nitrogens is 2. The van der Waals surface area contributed by atoms with Crippen LogP contribution in [-0.2, 0) is 9.53 Å². The maximum Gasteiger partial charge on any atom is 0.359 e. The molecule has 3 aromatic heterocycles. The zero-order valence-corrected chi connectivity index (χ0v) is 18.0. The summed E-state index contributed by atoms with van der Waals surface area (Å²) in [6.45, 7) is 1.30. The van der Waals surface area contributed by atoms with Crippen molar-refractivity contribution in [2.75, 3.05) is 6.61 Å². The Balaban J connectivity index is 1.39. The molecule has 0 saturated heterocycles. The van der Waals surface area contributed by atoms with Crippen LogP contribution in [-0.4, -0.2) is 39.2 Å². The summed E-state index contributed by atoms with van der Waals surface area (Å²) in [6, 6.07) is 6.93. The topological polar surface area (TPSA) is 111 Å². The highest BCUT2D eigenvalue weighted by atomic mass is 16.5. The molecule has 0 radical (unpaired) electrons. The number of carbonyl (C=O) groups is 2. The van der Waals surface area contributed by atoms with Crippen molar-refractivity contribution in [1.82, 2.24) is 15.0 Å². The van der Waals surface area contributed by atoms with Gasteiger partial charge in [-0.05, 0) is 62.1 Å². The van der Waals surface area contributed by atoms with E-state index >= 15 is 0 Å². The lowest BCUT2D eigenvalue weighted by atomic mass is 9.79. The summed E-state index contributed by atoms with van der Waals surface area (Å²) in [7, 11) is 0. The average molecular weight is 446 g/mol. The molecule has 9 heteroatoms. The molecular weight excluding hydrogens is 424 g/mol. The molecule has 33 heavy (non-hydrogen) atoms. The standard InChI is InChI=1S/C24H22N4O5/c1-15-12-26-19(13-25-15)24(30)33-14-21(29)28-23(20-8-4-10-32-20)18-7-2-5-16(22(18)27-28)11-17-6-3-9-31-17/h3-4,6,8-13,18,23H,2,5,7,14H2,1H3. The van der Waals surface area contributed by atoms with Crippen molar-refractivity contribution >= 4 is 23.7 Å². The van der Waals surface area contributed by atoms with Gasteiger partial charge in [0.2, 0.25) is 0 Å². The first-order chi connectivity index (χ1) is 16.1. The number of furan rings is 2. The highest BCUT2D eigenvalue weighted by Crippen LogP contribution is 2.44. The van der Waals surface area contributed by atoms with Crippen LogP contribution in [0, 0.1) is 12.8 Å². The van der Waals surface area contributed by atoms with Crippen LogP contribution >= 0.6 is 0 Å². The SMILES string of the molecule is Cc1cnc(C(=O)OCC(=O)N2N=C3C(=Cc4ccco4)CCCC3C2c2ccco2)cn1. The van der Waals surface area contributed by atoms with E-state index in [9.17, 15) is 9.59 Å². The van der Waals surface area contributed by atoms with Crippen molar-refractivity contribution in [1.29, 1.82) is 0 Å². The Morgan fingerprint density at radius 3 is 2.76 bits per heavy atom. The van der Waals surface area contributed by atoms with Gasteiger partial charge < -0.3 is 13.6 Å². The number of hydrogen-bond acceptors (Lipinski definition) is 8. The third-order valence-corrected chi connectivity index (χ3v) is 5.77. The van der Waals surface area contributed by atoms with Crippen molar-refractivity contribution in [2.24, 2.45) is 11.0 Å². The summed E-state index contributed by atoms with van der Waals surface area (Å²) in [5, 5.41) is 6.07. The smallest absolute Gasteiger partial charge is 0.359 e. The number of allylic oxidation sites excluding steroid dienone is 1. The molecule has 5 rings (SSSR count). The summed E-state index contributed by atoms with van der Waals surface area (Å²) < 4.78 is 16.3. The maximum atomic E-state index is 13.1. The van der Waals surface area contributed by atoms with Crippen molar-refractivity contribution in [2.45, 2.75) is 32.2 Å². The second-order valence-corrected chi connectivity index (χ2v) is 7.99. The van der Waals surface area contributed by atoms with Crippen LogP contribution in [0.4, 0.5) is 0 Å². The van der Waals surface area contributed by atoms with Crippen LogP contribution in [0.25, 0.3) is 6.08 Å². The number of hydrogen-bond donors (Lipinski definition) is 0. The van der Waals surface area contributed by atoms with E-state index < -0.39 is 24.5 Å². The van der Waals surface area contributed by atoms with E-state index in [0.29, 0.717) is 11.5 Å². The molecule has 2 aliphatic rings. The van der Waals surface area contributed by atoms with Crippen molar-refractivity contribution in [3.63, 3.8) is 0 Å². The molecule has 0 aromatic carbocycles. The molecule has 0 N–H and O–H groups in total. The second-order valence-electron chi connectivity index (χ2n) is 7.99. The zero-order chi connectivity index (χ0) is 22.8. The van der Waals surface area contributed by atoms with Gasteiger partial charge in [0.1, 0.15) is 17.6 Å². The first-order valence-electron chi connectivity index (χ1n) is 10.7. The number of aryl methyl sites for hydroxylation is 1. The fourth-order valence-corrected chi connectivity index (χ4v) is 4.26. The minimum Gasteiger partial charge on any atom is -0.467 e. The summed E-state index contributed by atoms with van der Waals surface area (Å²) in [5.74, 6) is 0.203. The van der Waals surface area contributed by atoms with Crippen molar-refractivity contribution in [3.8, 4) is 0 Å². The van der Waals surface area contributed by atoms with Crippen LogP contribution < -0.4 is 0 Å². The summed E-state index contributed by atoms with van der Waals surface area (Å²) in [5.41, 5.74) is 2.59. The van der Waals surface area contributed by atoms with Gasteiger partial charge in [-0.3, -0.25) is 9.78 Å². The highest BCUT2D eigenvalue weighted by molar-refractivity contribution is 6.08. The molecule has 2 atom stereocenters. The summed E-state index contributed by atoms with van der Waals surface area (Å²) >= 11 is 0. The van der Waals surface area contributed by atoms with E-state index in [-0.39, 0.29) is 11.6 Å². The number of rotatable bonds is 5. The van der Waals surface area contributed by atoms with Crippen molar-refractivity contribution < 1.29 is 23.2 Å². The molecule has 1 fully saturated rings. The predicted molar refractivity (Wildman–Crippen MR) is 117 cm³/mol. The number of amides is 1. The van der Waals surface area contributed by atoms with E-state index in [1.807, 2.05) is 24.3 Å². The van der Waals surface area contributed by atoms with Crippen LogP contribution in [0.1, 0.15) is 53.0 Å². The Bertz CT molecular complexity index is 1200. The van der Waals surface area contributed by atoms with Crippen molar-refractivity contribution in [3.05, 3.63) is 77.7 Å². The molecule has 1 aliphatic carbocycles. The number of carbonyl (C=O) groups excluding carboxylic acids is 2. The Labute approximate surface area is 189 Å². The molecule has 0 bridgehead atoms. The molecule has 1 saturated carbocycles. The first kappa shape index (κ1) is 20.9. The van der Waals surface area contributed by atoms with E-state index in [1.165, 1.54) is 17.4 Å². The fraction of sp³-hybridized carbons (Fsp3) is 0.292. The van der Waals surface area contributed by atoms with Gasteiger partial charge in [0.05, 0.1) is 30.1 Å². The number of hydrazone groups is 1. The highest BCUT2D eigenvalue weighted by Gasteiger charge is 2.45. The van der Waals surface area contributed by atoms with Gasteiger partial charge in [0.25, 0.3) is 5.91 Å². The molecule has 1 aliphatic heterocycles. The van der Waals surface area contributed by atoms with Gasteiger partial charge in [-0.25, -0.2) is 14.8 Å². The summed E-state index contributed by atoms with van der Waals surface area (Å²) in [4.78, 5) is 33.5. The minimum atomic E-state index is -0.715. The van der Waals surface area contributed by atoms with Crippen LogP contribution in [0.5, 0.6) is 0 Å². The van der Waals surface area contributed by atoms with Gasteiger partial charge in [-0.2, -0.15) is 5.10 Å². The lowest BCUT2D eigenvalue weighted by Gasteiger charge is -2.27.